The fourth-order valence-corrected chi connectivity index (χ4v) is 1.93. The van der Waals surface area contributed by atoms with E-state index in [-0.39, 0.29) is 18.7 Å². The summed E-state index contributed by atoms with van der Waals surface area (Å²) >= 11 is 0. The van der Waals surface area contributed by atoms with Crippen LogP contribution < -0.4 is 15.4 Å². The second-order valence-corrected chi connectivity index (χ2v) is 4.81. The molecule has 0 unspecified atom stereocenters. The highest BCUT2D eigenvalue weighted by Gasteiger charge is 2.13. The van der Waals surface area contributed by atoms with Crippen LogP contribution in [0.3, 0.4) is 0 Å². The number of aliphatic hydroxyl groups is 1. The van der Waals surface area contributed by atoms with E-state index >= 15 is 0 Å². The number of rotatable bonds is 6. The van der Waals surface area contributed by atoms with Crippen LogP contribution in [-0.4, -0.2) is 29.8 Å². The molecule has 0 saturated heterocycles. The van der Waals surface area contributed by atoms with E-state index in [1.807, 2.05) is 0 Å². The van der Waals surface area contributed by atoms with Crippen molar-refractivity contribution in [1.29, 1.82) is 0 Å². The molecular formula is C16H18FN3O3. The number of pyridine rings is 1. The first kappa shape index (κ1) is 16.7. The molecule has 0 aliphatic carbocycles. The lowest BCUT2D eigenvalue weighted by atomic mass is 10.1. The van der Waals surface area contributed by atoms with E-state index in [0.717, 1.165) is 5.56 Å². The number of methoxy groups -OCH3 is 1. The van der Waals surface area contributed by atoms with Gasteiger partial charge in [-0.1, -0.05) is 24.3 Å². The van der Waals surface area contributed by atoms with Crippen molar-refractivity contribution in [3.05, 3.63) is 59.5 Å². The minimum atomic E-state index is -1.11. The summed E-state index contributed by atoms with van der Waals surface area (Å²) in [5.41, 5.74) is 0.947. The highest BCUT2D eigenvalue weighted by molar-refractivity contribution is 5.73. The van der Waals surface area contributed by atoms with Gasteiger partial charge in [0.2, 0.25) is 5.88 Å². The van der Waals surface area contributed by atoms with Crippen molar-refractivity contribution in [3.8, 4) is 5.88 Å². The van der Waals surface area contributed by atoms with Crippen LogP contribution in [0.1, 0.15) is 17.2 Å². The number of amides is 2. The zero-order chi connectivity index (χ0) is 16.7. The summed E-state index contributed by atoms with van der Waals surface area (Å²) in [7, 11) is 1.52. The maximum Gasteiger partial charge on any atom is 0.315 e. The van der Waals surface area contributed by atoms with E-state index in [1.54, 1.807) is 24.4 Å². The Kier molecular flexibility index (Phi) is 5.87. The van der Waals surface area contributed by atoms with E-state index in [1.165, 1.54) is 25.3 Å². The van der Waals surface area contributed by atoms with Crippen LogP contribution in [0.15, 0.2) is 42.6 Å². The Morgan fingerprint density at radius 2 is 2.09 bits per heavy atom. The number of aromatic nitrogens is 1. The van der Waals surface area contributed by atoms with Crippen molar-refractivity contribution in [3.63, 3.8) is 0 Å². The lowest BCUT2D eigenvalue weighted by molar-refractivity contribution is 0.169. The Bertz CT molecular complexity index is 649. The van der Waals surface area contributed by atoms with Gasteiger partial charge in [-0.25, -0.2) is 14.2 Å². The molecule has 1 heterocycles. The van der Waals surface area contributed by atoms with Crippen molar-refractivity contribution in [2.45, 2.75) is 12.6 Å². The zero-order valence-electron chi connectivity index (χ0n) is 12.6. The van der Waals surface area contributed by atoms with Crippen LogP contribution in [-0.2, 0) is 6.54 Å². The number of urea groups is 1. The van der Waals surface area contributed by atoms with Gasteiger partial charge in [-0.05, 0) is 11.6 Å². The van der Waals surface area contributed by atoms with E-state index in [0.29, 0.717) is 5.88 Å². The van der Waals surface area contributed by atoms with E-state index in [9.17, 15) is 14.3 Å². The largest absolute Gasteiger partial charge is 0.481 e. The Morgan fingerprint density at radius 1 is 1.30 bits per heavy atom. The number of aliphatic hydroxyl groups excluding tert-OH is 1. The first-order valence-electron chi connectivity index (χ1n) is 7.03. The second-order valence-electron chi connectivity index (χ2n) is 4.81. The Hall–Kier alpha value is -2.67. The van der Waals surface area contributed by atoms with Crippen LogP contribution >= 0.6 is 0 Å². The smallest absolute Gasteiger partial charge is 0.315 e. The standard InChI is InChI=1S/C16H18FN3O3/c1-23-15-7-6-11(8-18-15)9-19-16(22)20-10-14(21)12-4-2-3-5-13(12)17/h2-8,14,21H,9-10H2,1H3,(H2,19,20,22)/t14-/m0/s1. The van der Waals surface area contributed by atoms with Gasteiger partial charge in [-0.2, -0.15) is 0 Å². The molecule has 7 heteroatoms. The van der Waals surface area contributed by atoms with Gasteiger partial charge >= 0.3 is 6.03 Å². The predicted molar refractivity (Wildman–Crippen MR) is 82.4 cm³/mol. The summed E-state index contributed by atoms with van der Waals surface area (Å²) in [6, 6.07) is 8.90. The first-order chi connectivity index (χ1) is 11.1. The van der Waals surface area contributed by atoms with Gasteiger partial charge in [0, 0.05) is 30.9 Å². The third kappa shape index (κ3) is 4.93. The van der Waals surface area contributed by atoms with Gasteiger partial charge < -0.3 is 20.5 Å². The maximum atomic E-state index is 13.5. The fraction of sp³-hybridized carbons (Fsp3) is 0.250. The number of halogens is 1. The fourth-order valence-electron chi connectivity index (χ4n) is 1.93. The van der Waals surface area contributed by atoms with Crippen LogP contribution in [0.25, 0.3) is 0 Å². The monoisotopic (exact) mass is 319 g/mol. The molecule has 0 bridgehead atoms. The summed E-state index contributed by atoms with van der Waals surface area (Å²) in [4.78, 5) is 15.7. The number of nitrogens with zero attached hydrogens (tertiary/aromatic N) is 1. The summed E-state index contributed by atoms with van der Waals surface area (Å²) in [5, 5.41) is 15.0. The molecule has 2 aromatic rings. The molecule has 122 valence electrons. The number of benzene rings is 1. The quantitative estimate of drug-likeness (QED) is 0.757. The average Bonchev–Trinajstić information content (AvgIpc) is 2.58. The van der Waals surface area contributed by atoms with Crippen LogP contribution in [0.4, 0.5) is 9.18 Å². The molecule has 2 amide bonds. The number of nitrogens with one attached hydrogen (secondary N) is 2. The Morgan fingerprint density at radius 3 is 2.74 bits per heavy atom. The molecule has 0 aliphatic heterocycles. The van der Waals surface area contributed by atoms with Gasteiger partial charge in [0.05, 0.1) is 13.2 Å². The molecule has 1 atom stereocenters. The number of carbonyl (C=O) groups is 1. The van der Waals surface area contributed by atoms with Crippen LogP contribution in [0, 0.1) is 5.82 Å². The van der Waals surface area contributed by atoms with Crippen LogP contribution in [0.2, 0.25) is 0 Å². The molecule has 3 N–H and O–H groups in total. The summed E-state index contributed by atoms with van der Waals surface area (Å²) in [5.74, 6) is -0.0160. The predicted octanol–water partition coefficient (Wildman–Crippen LogP) is 1.76. The third-order valence-electron chi connectivity index (χ3n) is 3.18. The molecule has 0 spiro atoms. The number of ether oxygens (including phenoxy) is 1. The van der Waals surface area contributed by atoms with Gasteiger partial charge in [0.25, 0.3) is 0 Å². The third-order valence-corrected chi connectivity index (χ3v) is 3.18. The molecular weight excluding hydrogens is 301 g/mol. The second kappa shape index (κ2) is 8.09. The first-order valence-corrected chi connectivity index (χ1v) is 7.03. The van der Waals surface area contributed by atoms with Gasteiger partial charge in [0.1, 0.15) is 5.82 Å². The molecule has 23 heavy (non-hydrogen) atoms. The van der Waals surface area contributed by atoms with Gasteiger partial charge in [-0.15, -0.1) is 0 Å². The van der Waals surface area contributed by atoms with Crippen molar-refractivity contribution in [2.75, 3.05) is 13.7 Å². The molecule has 1 aromatic heterocycles. The number of carbonyl (C=O) groups excluding carboxylic acids is 1. The Labute approximate surface area is 133 Å². The zero-order valence-corrected chi connectivity index (χ0v) is 12.6. The summed E-state index contributed by atoms with van der Waals surface area (Å²) in [6.45, 7) is 0.187. The van der Waals surface area contributed by atoms with E-state index in [2.05, 4.69) is 15.6 Å². The molecule has 0 radical (unpaired) electrons. The SMILES string of the molecule is COc1ccc(CNC(=O)NC[C@H](O)c2ccccc2F)cn1. The lowest BCUT2D eigenvalue weighted by Crippen LogP contribution is -2.37. The molecule has 0 saturated carbocycles. The normalized spacial score (nSPS) is 11.6. The lowest BCUT2D eigenvalue weighted by Gasteiger charge is -2.13. The minimum Gasteiger partial charge on any atom is -0.481 e. The summed E-state index contributed by atoms with van der Waals surface area (Å²) in [6.07, 6.45) is 0.484. The minimum absolute atomic E-state index is 0.0897. The molecule has 2 rings (SSSR count). The summed E-state index contributed by atoms with van der Waals surface area (Å²) < 4.78 is 18.4. The molecule has 6 nitrogen and oxygen atoms in total. The van der Waals surface area contributed by atoms with Gasteiger partial charge in [-0.3, -0.25) is 0 Å². The number of hydrogen-bond donors (Lipinski definition) is 3. The maximum absolute atomic E-state index is 13.5. The van der Waals surface area contributed by atoms with Crippen molar-refractivity contribution >= 4 is 6.03 Å². The van der Waals surface area contributed by atoms with Crippen molar-refractivity contribution in [1.82, 2.24) is 15.6 Å². The highest BCUT2D eigenvalue weighted by Crippen LogP contribution is 2.15. The van der Waals surface area contributed by atoms with E-state index in [4.69, 9.17) is 4.74 Å². The van der Waals surface area contributed by atoms with Gasteiger partial charge in [0.15, 0.2) is 0 Å². The van der Waals surface area contributed by atoms with E-state index < -0.39 is 18.0 Å². The average molecular weight is 319 g/mol. The van der Waals surface area contributed by atoms with Crippen LogP contribution in [0.5, 0.6) is 5.88 Å². The van der Waals surface area contributed by atoms with Crippen molar-refractivity contribution < 1.29 is 19.0 Å². The topological polar surface area (TPSA) is 83.5 Å². The molecule has 1 aromatic carbocycles. The molecule has 0 fully saturated rings. The number of hydrogen-bond acceptors (Lipinski definition) is 4. The van der Waals surface area contributed by atoms with Crippen molar-refractivity contribution in [2.24, 2.45) is 0 Å². The molecule has 0 aliphatic rings. The Balaban J connectivity index is 1.77. The highest BCUT2D eigenvalue weighted by atomic mass is 19.1.